The molecule has 1 aliphatic rings. The van der Waals surface area contributed by atoms with E-state index in [1.54, 1.807) is 13.2 Å². The Morgan fingerprint density at radius 3 is 2.67 bits per heavy atom. The largest absolute Gasteiger partial charge is 0.402 e. The van der Waals surface area contributed by atoms with Crippen molar-refractivity contribution in [3.8, 4) is 11.6 Å². The zero-order valence-electron chi connectivity index (χ0n) is 17.7. The SMILES string of the molecule is COCc1cccc(-c2nnc(NC3N=C(c4ccccc4)c4ccccc4NC3=O)o2)n1. The average molecular weight is 440 g/mol. The Balaban J connectivity index is 1.46. The van der Waals surface area contributed by atoms with Gasteiger partial charge in [0.25, 0.3) is 11.8 Å². The number of nitrogens with zero attached hydrogens (tertiary/aromatic N) is 4. The molecule has 0 bridgehead atoms. The Morgan fingerprint density at radius 1 is 1.00 bits per heavy atom. The van der Waals surface area contributed by atoms with Crippen molar-refractivity contribution in [3.05, 3.63) is 89.6 Å². The molecule has 33 heavy (non-hydrogen) atoms. The number of amides is 1. The van der Waals surface area contributed by atoms with Gasteiger partial charge in [-0.25, -0.2) is 9.98 Å². The third-order valence-electron chi connectivity index (χ3n) is 5.00. The van der Waals surface area contributed by atoms with E-state index in [2.05, 4.69) is 25.8 Å². The standard InChI is InChI=1S/C24H20N6O3/c1-32-14-16-10-7-13-19(25-16)23-29-30-24(33-23)28-21-22(31)26-18-12-6-5-11-17(18)20(27-21)15-8-3-2-4-9-15/h2-13,21H,14H2,1H3,(H,26,31)(H,28,30). The summed E-state index contributed by atoms with van der Waals surface area (Å²) >= 11 is 0. The molecule has 0 fully saturated rings. The van der Waals surface area contributed by atoms with Gasteiger partial charge in [-0.1, -0.05) is 59.7 Å². The molecule has 4 aromatic rings. The van der Waals surface area contributed by atoms with Crippen LogP contribution in [-0.4, -0.2) is 40.1 Å². The zero-order valence-corrected chi connectivity index (χ0v) is 17.7. The van der Waals surface area contributed by atoms with Gasteiger partial charge in [-0.05, 0) is 18.2 Å². The molecular formula is C24H20N6O3. The number of methoxy groups -OCH3 is 1. The third kappa shape index (κ3) is 4.35. The van der Waals surface area contributed by atoms with E-state index in [4.69, 9.17) is 14.1 Å². The van der Waals surface area contributed by atoms with Crippen molar-refractivity contribution < 1.29 is 13.9 Å². The molecule has 0 saturated heterocycles. The normalized spacial score (nSPS) is 15.2. The van der Waals surface area contributed by atoms with Crippen LogP contribution in [0.1, 0.15) is 16.8 Å². The third-order valence-corrected chi connectivity index (χ3v) is 5.00. The molecule has 1 atom stereocenters. The van der Waals surface area contributed by atoms with Crippen molar-refractivity contribution in [2.45, 2.75) is 12.8 Å². The van der Waals surface area contributed by atoms with Gasteiger partial charge in [-0.3, -0.25) is 4.79 Å². The monoisotopic (exact) mass is 440 g/mol. The molecule has 164 valence electrons. The lowest BCUT2D eigenvalue weighted by Crippen LogP contribution is -2.32. The molecule has 0 spiro atoms. The summed E-state index contributed by atoms with van der Waals surface area (Å²) in [5.74, 6) is -0.117. The molecular weight excluding hydrogens is 420 g/mol. The highest BCUT2D eigenvalue weighted by molar-refractivity contribution is 6.19. The second-order valence-electron chi connectivity index (χ2n) is 7.28. The molecule has 2 aromatic heterocycles. The Labute approximate surface area is 189 Å². The molecule has 1 amide bonds. The summed E-state index contributed by atoms with van der Waals surface area (Å²) < 4.78 is 10.8. The minimum Gasteiger partial charge on any atom is -0.402 e. The number of pyridine rings is 1. The topological polar surface area (TPSA) is 115 Å². The second-order valence-corrected chi connectivity index (χ2v) is 7.28. The summed E-state index contributed by atoms with van der Waals surface area (Å²) in [5, 5.41) is 13.9. The van der Waals surface area contributed by atoms with Gasteiger partial charge < -0.3 is 19.8 Å². The summed E-state index contributed by atoms with van der Waals surface area (Å²) in [6.07, 6.45) is -0.978. The predicted molar refractivity (Wildman–Crippen MR) is 123 cm³/mol. The van der Waals surface area contributed by atoms with E-state index < -0.39 is 6.17 Å². The summed E-state index contributed by atoms with van der Waals surface area (Å²) in [7, 11) is 1.60. The molecule has 3 heterocycles. The average Bonchev–Trinajstić information content (AvgIpc) is 3.26. The Kier molecular flexibility index (Phi) is 5.61. The van der Waals surface area contributed by atoms with Crippen LogP contribution in [0.25, 0.3) is 11.6 Å². The molecule has 2 aromatic carbocycles. The van der Waals surface area contributed by atoms with Crippen LogP contribution in [0.5, 0.6) is 0 Å². The number of carbonyl (C=O) groups excluding carboxylic acids is 1. The number of hydrogen-bond donors (Lipinski definition) is 2. The summed E-state index contributed by atoms with van der Waals surface area (Å²) in [6.45, 7) is 0.368. The first-order valence-corrected chi connectivity index (χ1v) is 10.3. The van der Waals surface area contributed by atoms with Crippen molar-refractivity contribution in [2.24, 2.45) is 4.99 Å². The number of ether oxygens (including phenoxy) is 1. The number of aliphatic imine (C=N–C) groups is 1. The number of benzene rings is 2. The van der Waals surface area contributed by atoms with Gasteiger partial charge >= 0.3 is 6.01 Å². The van der Waals surface area contributed by atoms with Gasteiger partial charge in [0.1, 0.15) is 5.69 Å². The molecule has 0 radical (unpaired) electrons. The summed E-state index contributed by atoms with van der Waals surface area (Å²) in [5.41, 5.74) is 4.32. The molecule has 0 saturated carbocycles. The molecule has 9 nitrogen and oxygen atoms in total. The van der Waals surface area contributed by atoms with Gasteiger partial charge in [0.15, 0.2) is 0 Å². The van der Waals surface area contributed by atoms with E-state index in [0.717, 1.165) is 16.8 Å². The Morgan fingerprint density at radius 2 is 1.82 bits per heavy atom. The van der Waals surface area contributed by atoms with E-state index in [-0.39, 0.29) is 17.8 Å². The first kappa shape index (κ1) is 20.5. The fraction of sp³-hybridized carbons (Fsp3) is 0.125. The van der Waals surface area contributed by atoms with Gasteiger partial charge in [-0.15, -0.1) is 5.10 Å². The Bertz CT molecular complexity index is 1320. The van der Waals surface area contributed by atoms with Crippen LogP contribution in [-0.2, 0) is 16.1 Å². The van der Waals surface area contributed by atoms with Crippen molar-refractivity contribution in [3.63, 3.8) is 0 Å². The molecule has 0 aliphatic carbocycles. The number of para-hydroxylation sites is 1. The quantitative estimate of drug-likeness (QED) is 0.471. The molecule has 9 heteroatoms. The molecule has 2 N–H and O–H groups in total. The van der Waals surface area contributed by atoms with Crippen molar-refractivity contribution in [1.29, 1.82) is 0 Å². The highest BCUT2D eigenvalue weighted by Gasteiger charge is 2.27. The van der Waals surface area contributed by atoms with Crippen LogP contribution in [0.4, 0.5) is 11.7 Å². The fourth-order valence-electron chi connectivity index (χ4n) is 3.51. The second kappa shape index (κ2) is 9.01. The highest BCUT2D eigenvalue weighted by atomic mass is 16.5. The lowest BCUT2D eigenvalue weighted by atomic mass is 10.0. The van der Waals surface area contributed by atoms with Crippen molar-refractivity contribution in [1.82, 2.24) is 15.2 Å². The van der Waals surface area contributed by atoms with Gasteiger partial charge in [0, 0.05) is 18.2 Å². The van der Waals surface area contributed by atoms with Crippen LogP contribution in [0.3, 0.4) is 0 Å². The fourth-order valence-corrected chi connectivity index (χ4v) is 3.51. The minimum absolute atomic E-state index is 0.0613. The number of aromatic nitrogens is 3. The van der Waals surface area contributed by atoms with Gasteiger partial charge in [0.2, 0.25) is 6.17 Å². The zero-order chi connectivity index (χ0) is 22.6. The van der Waals surface area contributed by atoms with E-state index in [1.807, 2.05) is 66.7 Å². The molecule has 1 aliphatic heterocycles. The first-order chi connectivity index (χ1) is 16.2. The van der Waals surface area contributed by atoms with Crippen LogP contribution in [0.2, 0.25) is 0 Å². The number of benzodiazepines with no additional fused rings is 1. The number of fused-ring (bicyclic) bond motifs is 1. The van der Waals surface area contributed by atoms with E-state index in [0.29, 0.717) is 23.7 Å². The molecule has 1 unspecified atom stereocenters. The van der Waals surface area contributed by atoms with E-state index in [1.165, 1.54) is 0 Å². The number of carbonyl (C=O) groups is 1. The minimum atomic E-state index is -0.978. The predicted octanol–water partition coefficient (Wildman–Crippen LogP) is 3.51. The summed E-state index contributed by atoms with van der Waals surface area (Å²) in [4.78, 5) is 22.1. The highest BCUT2D eigenvalue weighted by Crippen LogP contribution is 2.25. The van der Waals surface area contributed by atoms with E-state index >= 15 is 0 Å². The van der Waals surface area contributed by atoms with E-state index in [9.17, 15) is 4.79 Å². The lowest BCUT2D eigenvalue weighted by molar-refractivity contribution is -0.116. The number of rotatable bonds is 6. The number of nitrogens with one attached hydrogen (secondary N) is 2. The maximum atomic E-state index is 13.0. The smallest absolute Gasteiger partial charge is 0.317 e. The number of hydrogen-bond acceptors (Lipinski definition) is 8. The number of anilines is 2. The van der Waals surface area contributed by atoms with Gasteiger partial charge in [0.05, 0.1) is 23.7 Å². The Hall–Kier alpha value is -4.37. The van der Waals surface area contributed by atoms with Crippen LogP contribution in [0.15, 0.2) is 82.2 Å². The van der Waals surface area contributed by atoms with Crippen molar-refractivity contribution in [2.75, 3.05) is 17.7 Å². The van der Waals surface area contributed by atoms with Crippen molar-refractivity contribution >= 4 is 23.3 Å². The first-order valence-electron chi connectivity index (χ1n) is 10.3. The lowest BCUT2D eigenvalue weighted by Gasteiger charge is -2.11. The van der Waals surface area contributed by atoms with Crippen LogP contribution >= 0.6 is 0 Å². The van der Waals surface area contributed by atoms with Crippen LogP contribution in [0, 0.1) is 0 Å². The maximum absolute atomic E-state index is 13.0. The van der Waals surface area contributed by atoms with Crippen LogP contribution < -0.4 is 10.6 Å². The van der Waals surface area contributed by atoms with Gasteiger partial charge in [-0.2, -0.15) is 0 Å². The molecule has 5 rings (SSSR count). The maximum Gasteiger partial charge on any atom is 0.317 e. The summed E-state index contributed by atoms with van der Waals surface area (Å²) in [6, 6.07) is 22.7.